The third kappa shape index (κ3) is 13.3. The van der Waals surface area contributed by atoms with Crippen molar-refractivity contribution in [2.24, 2.45) is 0 Å². The van der Waals surface area contributed by atoms with E-state index in [-0.39, 0.29) is 23.7 Å². The maximum Gasteiger partial charge on any atom is 0.389 e. The summed E-state index contributed by atoms with van der Waals surface area (Å²) in [5, 5.41) is -0.184. The van der Waals surface area contributed by atoms with Gasteiger partial charge in [-0.1, -0.05) is 32.6 Å². The number of halogens is 3. The minimum atomic E-state index is -4.06. The molecule has 0 aromatic rings. The first-order chi connectivity index (χ1) is 10.3. The molecule has 22 heavy (non-hydrogen) atoms. The third-order valence-corrected chi connectivity index (χ3v) is 4.46. The number of hydrogen-bond donors (Lipinski definition) is 0. The van der Waals surface area contributed by atoms with E-state index in [0.717, 1.165) is 25.7 Å². The summed E-state index contributed by atoms with van der Waals surface area (Å²) < 4.78 is 41.3. The van der Waals surface area contributed by atoms with Crippen LogP contribution in [0.2, 0.25) is 0 Å². The zero-order valence-corrected chi connectivity index (χ0v) is 14.7. The van der Waals surface area contributed by atoms with Gasteiger partial charge in [-0.3, -0.25) is 4.79 Å². The first kappa shape index (κ1) is 21.6. The van der Waals surface area contributed by atoms with Crippen LogP contribution in [0.4, 0.5) is 13.2 Å². The molecule has 0 saturated carbocycles. The maximum atomic E-state index is 12.0. The topological polar surface area (TPSA) is 26.3 Å². The molecule has 0 rings (SSSR count). The molecule has 1 unspecified atom stereocenters. The van der Waals surface area contributed by atoms with Gasteiger partial charge >= 0.3 is 12.1 Å². The molecule has 1 atom stereocenters. The number of thioether (sulfide) groups is 1. The fourth-order valence-electron chi connectivity index (χ4n) is 1.99. The van der Waals surface area contributed by atoms with Crippen LogP contribution in [0, 0.1) is 0 Å². The Balaban J connectivity index is 3.99. The molecule has 6 heteroatoms. The van der Waals surface area contributed by atoms with E-state index in [2.05, 4.69) is 6.92 Å². The summed E-state index contributed by atoms with van der Waals surface area (Å²) in [6.07, 6.45) is 0.458. The number of carbonyl (C=O) groups excluding carboxylic acids is 1. The molecule has 0 bridgehead atoms. The number of hydrogen-bond acceptors (Lipinski definition) is 3. The quantitative estimate of drug-likeness (QED) is 0.334. The van der Waals surface area contributed by atoms with Gasteiger partial charge in [-0.05, 0) is 38.9 Å². The molecular weight excluding hydrogens is 313 g/mol. The standard InChI is InChI=1S/C16H29F3O2S/c1-4-5-7-10-14(15(20)21-13(2)3)22-12-9-6-8-11-16(17,18)19/h13-14H,4-12H2,1-3H3. The van der Waals surface area contributed by atoms with E-state index < -0.39 is 12.6 Å². The molecule has 2 nitrogen and oxygen atoms in total. The van der Waals surface area contributed by atoms with Crippen molar-refractivity contribution < 1.29 is 22.7 Å². The molecule has 0 aliphatic rings. The second-order valence-electron chi connectivity index (χ2n) is 5.77. The fraction of sp³-hybridized carbons (Fsp3) is 0.938. The number of alkyl halides is 3. The summed E-state index contributed by atoms with van der Waals surface area (Å²) in [7, 11) is 0. The summed E-state index contributed by atoms with van der Waals surface area (Å²) in [6, 6.07) is 0. The van der Waals surface area contributed by atoms with Crippen molar-refractivity contribution in [3.8, 4) is 0 Å². The van der Waals surface area contributed by atoms with Crippen molar-refractivity contribution in [1.82, 2.24) is 0 Å². The van der Waals surface area contributed by atoms with E-state index in [9.17, 15) is 18.0 Å². The van der Waals surface area contributed by atoms with Crippen LogP contribution in [0.5, 0.6) is 0 Å². The maximum absolute atomic E-state index is 12.0. The van der Waals surface area contributed by atoms with E-state index in [1.54, 1.807) is 0 Å². The Labute approximate surface area is 136 Å². The SMILES string of the molecule is CCCCCC(SCCCCCC(F)(F)F)C(=O)OC(C)C. The van der Waals surface area contributed by atoms with Gasteiger partial charge in [-0.2, -0.15) is 13.2 Å². The highest BCUT2D eigenvalue weighted by atomic mass is 32.2. The van der Waals surface area contributed by atoms with E-state index >= 15 is 0 Å². The van der Waals surface area contributed by atoms with Crippen molar-refractivity contribution >= 4 is 17.7 Å². The lowest BCUT2D eigenvalue weighted by Gasteiger charge is -2.17. The van der Waals surface area contributed by atoms with Crippen LogP contribution >= 0.6 is 11.8 Å². The van der Waals surface area contributed by atoms with Gasteiger partial charge in [-0.25, -0.2) is 0 Å². The normalized spacial score (nSPS) is 13.4. The zero-order chi connectivity index (χ0) is 17.0. The van der Waals surface area contributed by atoms with Crippen molar-refractivity contribution in [2.45, 2.75) is 89.7 Å². The van der Waals surface area contributed by atoms with Crippen LogP contribution in [-0.4, -0.2) is 29.3 Å². The van der Waals surface area contributed by atoms with Crippen LogP contribution < -0.4 is 0 Å². The van der Waals surface area contributed by atoms with Crippen molar-refractivity contribution in [3.05, 3.63) is 0 Å². The van der Waals surface area contributed by atoms with E-state index in [1.165, 1.54) is 11.8 Å². The number of rotatable bonds is 12. The van der Waals surface area contributed by atoms with Crippen molar-refractivity contribution in [2.75, 3.05) is 5.75 Å². The Morgan fingerprint density at radius 3 is 2.32 bits per heavy atom. The molecular formula is C16H29F3O2S. The monoisotopic (exact) mass is 342 g/mol. The number of ether oxygens (including phenoxy) is 1. The Kier molecular flexibility index (Phi) is 11.9. The second kappa shape index (κ2) is 12.1. The van der Waals surface area contributed by atoms with Crippen LogP contribution in [0.25, 0.3) is 0 Å². The number of esters is 1. The average molecular weight is 342 g/mol. The molecule has 0 spiro atoms. The largest absolute Gasteiger partial charge is 0.462 e. The zero-order valence-electron chi connectivity index (χ0n) is 13.9. The molecule has 0 N–H and O–H groups in total. The molecule has 0 fully saturated rings. The predicted molar refractivity (Wildman–Crippen MR) is 86.1 cm³/mol. The molecule has 0 aromatic carbocycles. The van der Waals surface area contributed by atoms with Gasteiger partial charge in [0, 0.05) is 6.42 Å². The predicted octanol–water partition coefficient (Wildman–Crippen LogP) is 5.74. The molecule has 0 aliphatic carbocycles. The van der Waals surface area contributed by atoms with Crippen molar-refractivity contribution in [3.63, 3.8) is 0 Å². The molecule has 0 aliphatic heterocycles. The first-order valence-corrected chi connectivity index (χ1v) is 9.20. The Bertz CT molecular complexity index is 294. The Hall–Kier alpha value is -0.390. The van der Waals surface area contributed by atoms with E-state index in [0.29, 0.717) is 18.6 Å². The average Bonchev–Trinajstić information content (AvgIpc) is 2.38. The van der Waals surface area contributed by atoms with Gasteiger partial charge in [-0.15, -0.1) is 11.8 Å². The van der Waals surface area contributed by atoms with Crippen LogP contribution in [-0.2, 0) is 9.53 Å². The van der Waals surface area contributed by atoms with E-state index in [1.807, 2.05) is 13.8 Å². The Morgan fingerprint density at radius 1 is 1.09 bits per heavy atom. The second-order valence-corrected chi connectivity index (χ2v) is 7.08. The van der Waals surface area contributed by atoms with Gasteiger partial charge in [0.05, 0.1) is 6.10 Å². The molecule has 0 saturated heterocycles. The number of unbranched alkanes of at least 4 members (excludes halogenated alkanes) is 4. The van der Waals surface area contributed by atoms with Gasteiger partial charge in [0.2, 0.25) is 0 Å². The number of carbonyl (C=O) groups is 1. The smallest absolute Gasteiger partial charge is 0.389 e. The summed E-state index contributed by atoms with van der Waals surface area (Å²) in [5.74, 6) is 0.522. The van der Waals surface area contributed by atoms with Gasteiger partial charge in [0.1, 0.15) is 5.25 Å². The molecule has 0 amide bonds. The van der Waals surface area contributed by atoms with Crippen LogP contribution in [0.15, 0.2) is 0 Å². The first-order valence-electron chi connectivity index (χ1n) is 8.15. The highest BCUT2D eigenvalue weighted by Gasteiger charge is 2.26. The summed E-state index contributed by atoms with van der Waals surface area (Å²) in [5.41, 5.74) is 0. The lowest BCUT2D eigenvalue weighted by molar-refractivity contribution is -0.146. The minimum absolute atomic E-state index is 0.131. The summed E-state index contributed by atoms with van der Waals surface area (Å²) >= 11 is 1.52. The van der Waals surface area contributed by atoms with Crippen molar-refractivity contribution in [1.29, 1.82) is 0 Å². The van der Waals surface area contributed by atoms with E-state index in [4.69, 9.17) is 4.74 Å². The lowest BCUT2D eigenvalue weighted by Crippen LogP contribution is -2.24. The third-order valence-electron chi connectivity index (χ3n) is 3.11. The molecule has 132 valence electrons. The highest BCUT2D eigenvalue weighted by Crippen LogP contribution is 2.25. The Morgan fingerprint density at radius 2 is 1.77 bits per heavy atom. The molecule has 0 radical (unpaired) electrons. The highest BCUT2D eigenvalue weighted by molar-refractivity contribution is 8.00. The minimum Gasteiger partial charge on any atom is -0.462 e. The fourth-order valence-corrected chi connectivity index (χ4v) is 3.17. The van der Waals surface area contributed by atoms with Crippen LogP contribution in [0.3, 0.4) is 0 Å². The van der Waals surface area contributed by atoms with Crippen LogP contribution in [0.1, 0.15) is 72.1 Å². The van der Waals surface area contributed by atoms with Gasteiger partial charge in [0.15, 0.2) is 0 Å². The molecule has 0 heterocycles. The van der Waals surface area contributed by atoms with Gasteiger partial charge < -0.3 is 4.74 Å². The summed E-state index contributed by atoms with van der Waals surface area (Å²) in [4.78, 5) is 12.0. The molecule has 0 aromatic heterocycles. The van der Waals surface area contributed by atoms with Gasteiger partial charge in [0.25, 0.3) is 0 Å². The summed E-state index contributed by atoms with van der Waals surface area (Å²) in [6.45, 7) is 5.75. The lowest BCUT2D eigenvalue weighted by atomic mass is 10.1.